The SMILES string of the molecule is NC(=O)c1cc(-c2cc[c]cc2)sc1N. The summed E-state index contributed by atoms with van der Waals surface area (Å²) in [6, 6.07) is 12.1. The van der Waals surface area contributed by atoms with Crippen LogP contribution in [0.25, 0.3) is 10.4 Å². The fraction of sp³-hybridized carbons (Fsp3) is 0. The number of carbonyl (C=O) groups excluding carboxylic acids is 1. The Morgan fingerprint density at radius 1 is 1.33 bits per heavy atom. The molecule has 0 aliphatic heterocycles. The molecule has 0 unspecified atom stereocenters. The Morgan fingerprint density at radius 3 is 2.53 bits per heavy atom. The second-order valence-corrected chi connectivity index (χ2v) is 4.13. The van der Waals surface area contributed by atoms with Crippen LogP contribution in [0.15, 0.2) is 30.3 Å². The van der Waals surface area contributed by atoms with Crippen LogP contribution in [0.5, 0.6) is 0 Å². The quantitative estimate of drug-likeness (QED) is 0.806. The van der Waals surface area contributed by atoms with Gasteiger partial charge in [-0.25, -0.2) is 0 Å². The van der Waals surface area contributed by atoms with E-state index in [1.165, 1.54) is 11.3 Å². The zero-order valence-corrected chi connectivity index (χ0v) is 8.67. The van der Waals surface area contributed by atoms with Crippen molar-refractivity contribution in [1.82, 2.24) is 0 Å². The van der Waals surface area contributed by atoms with Gasteiger partial charge in [0.2, 0.25) is 0 Å². The lowest BCUT2D eigenvalue weighted by atomic mass is 10.1. The summed E-state index contributed by atoms with van der Waals surface area (Å²) in [5, 5.41) is 0.463. The summed E-state index contributed by atoms with van der Waals surface area (Å²) in [5.74, 6) is -0.488. The van der Waals surface area contributed by atoms with Gasteiger partial charge in [0, 0.05) is 4.88 Å². The predicted octanol–water partition coefficient (Wildman–Crippen LogP) is 1.90. The highest BCUT2D eigenvalue weighted by atomic mass is 32.1. The summed E-state index contributed by atoms with van der Waals surface area (Å²) in [4.78, 5) is 11.9. The summed E-state index contributed by atoms with van der Waals surface area (Å²) in [5.41, 5.74) is 12.3. The van der Waals surface area contributed by atoms with Crippen molar-refractivity contribution in [2.75, 3.05) is 5.73 Å². The van der Waals surface area contributed by atoms with E-state index in [0.29, 0.717) is 10.6 Å². The van der Waals surface area contributed by atoms with Crippen LogP contribution < -0.4 is 11.5 Å². The lowest BCUT2D eigenvalue weighted by Gasteiger charge is -1.93. The average Bonchev–Trinajstić information content (AvgIpc) is 2.62. The van der Waals surface area contributed by atoms with E-state index in [0.717, 1.165) is 10.4 Å². The largest absolute Gasteiger partial charge is 0.390 e. The van der Waals surface area contributed by atoms with Crippen molar-refractivity contribution in [2.24, 2.45) is 5.73 Å². The molecule has 1 aromatic heterocycles. The van der Waals surface area contributed by atoms with Gasteiger partial charge in [0.15, 0.2) is 0 Å². The minimum atomic E-state index is -0.488. The fourth-order valence-electron chi connectivity index (χ4n) is 1.29. The van der Waals surface area contributed by atoms with Crippen molar-refractivity contribution in [3.05, 3.63) is 42.0 Å². The molecule has 0 fully saturated rings. The van der Waals surface area contributed by atoms with Gasteiger partial charge in [0.05, 0.1) is 10.6 Å². The molecule has 0 spiro atoms. The van der Waals surface area contributed by atoms with Crippen LogP contribution in [0.2, 0.25) is 0 Å². The number of hydrogen-bond acceptors (Lipinski definition) is 3. The van der Waals surface area contributed by atoms with Crippen LogP contribution in [-0.2, 0) is 0 Å². The molecule has 0 bridgehead atoms. The van der Waals surface area contributed by atoms with Gasteiger partial charge in [0.25, 0.3) is 5.91 Å². The molecule has 2 aromatic rings. The number of carbonyl (C=O) groups is 1. The average molecular weight is 217 g/mol. The molecule has 0 atom stereocenters. The third-order valence-electron chi connectivity index (χ3n) is 2.03. The first-order valence-electron chi connectivity index (χ1n) is 4.34. The monoisotopic (exact) mass is 217 g/mol. The predicted molar refractivity (Wildman–Crippen MR) is 61.5 cm³/mol. The first kappa shape index (κ1) is 9.73. The highest BCUT2D eigenvalue weighted by molar-refractivity contribution is 7.19. The molecule has 1 heterocycles. The number of rotatable bonds is 2. The second-order valence-electron chi connectivity index (χ2n) is 3.04. The zero-order chi connectivity index (χ0) is 10.8. The van der Waals surface area contributed by atoms with Crippen molar-refractivity contribution in [3.63, 3.8) is 0 Å². The summed E-state index contributed by atoms with van der Waals surface area (Å²) in [6.45, 7) is 0. The van der Waals surface area contributed by atoms with Crippen molar-refractivity contribution in [3.8, 4) is 10.4 Å². The van der Waals surface area contributed by atoms with Crippen LogP contribution in [0.1, 0.15) is 10.4 Å². The molecule has 0 saturated heterocycles. The summed E-state index contributed by atoms with van der Waals surface area (Å²) in [7, 11) is 0. The van der Waals surface area contributed by atoms with Gasteiger partial charge in [-0.05, 0) is 17.7 Å². The number of amides is 1. The molecule has 1 radical (unpaired) electrons. The molecular formula is C11H9N2OS. The normalized spacial score (nSPS) is 10.1. The molecule has 75 valence electrons. The summed E-state index contributed by atoms with van der Waals surface area (Å²) < 4.78 is 0. The first-order valence-corrected chi connectivity index (χ1v) is 5.15. The third kappa shape index (κ3) is 1.85. The molecule has 0 aliphatic rings. The van der Waals surface area contributed by atoms with E-state index in [9.17, 15) is 4.79 Å². The van der Waals surface area contributed by atoms with Crippen LogP contribution in [-0.4, -0.2) is 5.91 Å². The van der Waals surface area contributed by atoms with E-state index in [-0.39, 0.29) is 0 Å². The molecule has 15 heavy (non-hydrogen) atoms. The van der Waals surface area contributed by atoms with Gasteiger partial charge in [0.1, 0.15) is 0 Å². The van der Waals surface area contributed by atoms with Crippen molar-refractivity contribution >= 4 is 22.2 Å². The Labute approximate surface area is 91.3 Å². The Bertz CT molecular complexity index is 491. The first-order chi connectivity index (χ1) is 7.18. The lowest BCUT2D eigenvalue weighted by molar-refractivity contribution is 0.100. The minimum absolute atomic E-state index is 0.392. The van der Waals surface area contributed by atoms with E-state index in [1.54, 1.807) is 6.07 Å². The number of anilines is 1. The third-order valence-corrected chi connectivity index (χ3v) is 3.04. The molecule has 3 nitrogen and oxygen atoms in total. The summed E-state index contributed by atoms with van der Waals surface area (Å²) in [6.07, 6.45) is 0. The molecule has 0 aliphatic carbocycles. The van der Waals surface area contributed by atoms with E-state index >= 15 is 0 Å². The van der Waals surface area contributed by atoms with Gasteiger partial charge in [-0.3, -0.25) is 4.79 Å². The highest BCUT2D eigenvalue weighted by Gasteiger charge is 2.11. The summed E-state index contributed by atoms with van der Waals surface area (Å²) >= 11 is 1.36. The van der Waals surface area contributed by atoms with Crippen LogP contribution >= 0.6 is 11.3 Å². The van der Waals surface area contributed by atoms with E-state index in [4.69, 9.17) is 11.5 Å². The maximum atomic E-state index is 11.0. The van der Waals surface area contributed by atoms with Gasteiger partial charge >= 0.3 is 0 Å². The highest BCUT2D eigenvalue weighted by Crippen LogP contribution is 2.32. The van der Waals surface area contributed by atoms with Gasteiger partial charge < -0.3 is 11.5 Å². The molecule has 1 aromatic carbocycles. The van der Waals surface area contributed by atoms with Gasteiger partial charge in [-0.1, -0.05) is 24.3 Å². The van der Waals surface area contributed by atoms with E-state index in [1.807, 2.05) is 24.3 Å². The minimum Gasteiger partial charge on any atom is -0.390 e. The van der Waals surface area contributed by atoms with Crippen molar-refractivity contribution < 1.29 is 4.79 Å². The smallest absolute Gasteiger partial charge is 0.251 e. The van der Waals surface area contributed by atoms with Crippen LogP contribution in [0.4, 0.5) is 5.00 Å². The van der Waals surface area contributed by atoms with Crippen LogP contribution in [0, 0.1) is 6.07 Å². The number of hydrogen-bond donors (Lipinski definition) is 2. The Balaban J connectivity index is 2.48. The van der Waals surface area contributed by atoms with Crippen LogP contribution in [0.3, 0.4) is 0 Å². The number of primary amides is 1. The van der Waals surface area contributed by atoms with Crippen molar-refractivity contribution in [1.29, 1.82) is 0 Å². The molecule has 4 heteroatoms. The molecule has 2 rings (SSSR count). The number of nitrogen functional groups attached to an aromatic ring is 1. The lowest BCUT2D eigenvalue weighted by Crippen LogP contribution is -2.11. The van der Waals surface area contributed by atoms with E-state index < -0.39 is 5.91 Å². The molecule has 4 N–H and O–H groups in total. The van der Waals surface area contributed by atoms with E-state index in [2.05, 4.69) is 6.07 Å². The maximum absolute atomic E-state index is 11.0. The topological polar surface area (TPSA) is 69.1 Å². The van der Waals surface area contributed by atoms with Gasteiger partial charge in [-0.2, -0.15) is 0 Å². The Hall–Kier alpha value is -1.81. The molecule has 1 amide bonds. The van der Waals surface area contributed by atoms with Gasteiger partial charge in [-0.15, -0.1) is 11.3 Å². The zero-order valence-electron chi connectivity index (χ0n) is 7.86. The maximum Gasteiger partial charge on any atom is 0.251 e. The number of nitrogens with two attached hydrogens (primary N) is 2. The standard InChI is InChI=1S/C11H9N2OS/c12-10(14)8-6-9(15-11(8)13)7-4-2-1-3-5-7/h2-6H,13H2,(H2,12,14). The number of thiophene rings is 1. The molecule has 0 saturated carbocycles. The Morgan fingerprint density at radius 2 is 2.00 bits per heavy atom. The van der Waals surface area contributed by atoms with Crippen molar-refractivity contribution in [2.45, 2.75) is 0 Å². The Kier molecular flexibility index (Phi) is 2.43. The fourth-order valence-corrected chi connectivity index (χ4v) is 2.23. The molecular weight excluding hydrogens is 208 g/mol. The second kappa shape index (κ2) is 3.74. The number of benzene rings is 1.